The van der Waals surface area contributed by atoms with E-state index in [2.05, 4.69) is 21.1 Å². The molecule has 10 heteroatoms. The first-order chi connectivity index (χ1) is 15.2. The Bertz CT molecular complexity index is 1340. The normalized spacial score (nSPS) is 20.3. The number of hydrogen-bond acceptors (Lipinski definition) is 5. The van der Waals surface area contributed by atoms with Crippen LogP contribution in [0.3, 0.4) is 0 Å². The molecular formula is C22H22N5O4S+. The number of H-pyrrole nitrogens is 1. The van der Waals surface area contributed by atoms with E-state index >= 15 is 0 Å². The third-order valence-electron chi connectivity index (χ3n) is 5.44. The van der Waals surface area contributed by atoms with Gasteiger partial charge in [-0.25, -0.2) is 22.7 Å². The third kappa shape index (κ3) is 3.95. The second-order valence-electron chi connectivity index (χ2n) is 7.66. The van der Waals surface area contributed by atoms with Crippen molar-refractivity contribution in [2.75, 3.05) is 6.54 Å². The van der Waals surface area contributed by atoms with Crippen LogP contribution >= 0.6 is 0 Å². The minimum atomic E-state index is -3.84. The minimum absolute atomic E-state index is 0.00585. The Balaban J connectivity index is 1.91. The van der Waals surface area contributed by atoms with Crippen molar-refractivity contribution in [3.05, 3.63) is 71.8 Å². The SMILES string of the molecule is C[n+]1c[nH]cc1C1(C)NC(=O)CCNS(=O)(=O)c2cccc(c2)Oc2cc1ccc2C#N. The van der Waals surface area contributed by atoms with Gasteiger partial charge in [-0.3, -0.25) is 4.79 Å². The van der Waals surface area contributed by atoms with Crippen LogP contribution < -0.4 is 19.3 Å². The van der Waals surface area contributed by atoms with Crippen LogP contribution in [0.25, 0.3) is 0 Å². The Kier molecular flexibility index (Phi) is 5.46. The lowest BCUT2D eigenvalue weighted by Crippen LogP contribution is -2.51. The second kappa shape index (κ2) is 8.11. The zero-order chi connectivity index (χ0) is 22.9. The molecule has 2 heterocycles. The number of nitrogens with zero attached hydrogens (tertiary/aromatic N) is 2. The van der Waals surface area contributed by atoms with Gasteiger partial charge in [0.1, 0.15) is 29.3 Å². The van der Waals surface area contributed by atoms with Crippen LogP contribution in [0.15, 0.2) is 59.9 Å². The van der Waals surface area contributed by atoms with Crippen molar-refractivity contribution in [2.24, 2.45) is 7.05 Å². The number of imidazole rings is 1. The number of nitriles is 1. The van der Waals surface area contributed by atoms with Crippen LogP contribution in [0.2, 0.25) is 0 Å². The number of carbonyl (C=O) groups is 1. The van der Waals surface area contributed by atoms with Crippen LogP contribution in [-0.4, -0.2) is 25.9 Å². The molecule has 1 atom stereocenters. The van der Waals surface area contributed by atoms with Gasteiger partial charge in [-0.15, -0.1) is 0 Å². The molecule has 0 fully saturated rings. The van der Waals surface area contributed by atoms with Crippen LogP contribution in [0.5, 0.6) is 11.5 Å². The van der Waals surface area contributed by atoms with Gasteiger partial charge < -0.3 is 10.1 Å². The number of aromatic nitrogens is 2. The molecule has 0 aliphatic carbocycles. The first kappa shape index (κ1) is 21.5. The lowest BCUT2D eigenvalue weighted by atomic mass is 9.87. The number of aromatic amines is 1. The summed E-state index contributed by atoms with van der Waals surface area (Å²) in [5.74, 6) is 0.189. The Morgan fingerprint density at radius 1 is 1.22 bits per heavy atom. The van der Waals surface area contributed by atoms with Gasteiger partial charge >= 0.3 is 0 Å². The number of fused-ring (bicyclic) bond motifs is 4. The predicted octanol–water partition coefficient (Wildman–Crippen LogP) is 1.56. The average Bonchev–Trinajstić information content (AvgIpc) is 3.19. The summed E-state index contributed by atoms with van der Waals surface area (Å²) in [6, 6.07) is 13.2. The van der Waals surface area contributed by atoms with Gasteiger partial charge in [-0.2, -0.15) is 5.26 Å². The van der Waals surface area contributed by atoms with E-state index < -0.39 is 15.6 Å². The molecule has 1 amide bonds. The highest BCUT2D eigenvalue weighted by molar-refractivity contribution is 7.89. The molecule has 4 bridgehead atoms. The largest absolute Gasteiger partial charge is 0.456 e. The minimum Gasteiger partial charge on any atom is -0.456 e. The van der Waals surface area contributed by atoms with E-state index in [0.717, 1.165) is 5.69 Å². The van der Waals surface area contributed by atoms with Gasteiger partial charge in [0.2, 0.25) is 22.3 Å². The van der Waals surface area contributed by atoms with Crippen LogP contribution in [0.4, 0.5) is 0 Å². The maximum atomic E-state index is 12.8. The van der Waals surface area contributed by atoms with Gasteiger partial charge in [0.15, 0.2) is 5.69 Å². The summed E-state index contributed by atoms with van der Waals surface area (Å²) < 4.78 is 35.5. The Labute approximate surface area is 185 Å². The van der Waals surface area contributed by atoms with Gasteiger partial charge in [-0.05, 0) is 36.8 Å². The molecule has 2 aromatic carbocycles. The van der Waals surface area contributed by atoms with Crippen LogP contribution in [0, 0.1) is 11.3 Å². The number of aryl methyl sites for hydroxylation is 1. The van der Waals surface area contributed by atoms with Gasteiger partial charge in [0.25, 0.3) is 0 Å². The first-order valence-corrected chi connectivity index (χ1v) is 11.4. The van der Waals surface area contributed by atoms with E-state index in [9.17, 15) is 18.5 Å². The molecular weight excluding hydrogens is 430 g/mol. The predicted molar refractivity (Wildman–Crippen MR) is 114 cm³/mol. The van der Waals surface area contributed by atoms with Crippen molar-refractivity contribution in [1.82, 2.24) is 15.0 Å². The number of sulfonamides is 1. The number of nitrogens with one attached hydrogen (secondary N) is 3. The zero-order valence-corrected chi connectivity index (χ0v) is 18.4. The van der Waals surface area contributed by atoms with E-state index in [4.69, 9.17) is 4.74 Å². The number of benzene rings is 2. The van der Waals surface area contributed by atoms with E-state index in [1.807, 2.05) is 18.5 Å². The fourth-order valence-corrected chi connectivity index (χ4v) is 4.81. The van der Waals surface area contributed by atoms with Gasteiger partial charge in [0.05, 0.1) is 17.5 Å². The molecule has 0 radical (unpaired) electrons. The molecule has 1 aromatic heterocycles. The lowest BCUT2D eigenvalue weighted by molar-refractivity contribution is -0.680. The van der Waals surface area contributed by atoms with E-state index in [-0.39, 0.29) is 40.8 Å². The molecule has 4 rings (SSSR count). The number of hydrogen-bond donors (Lipinski definition) is 3. The lowest BCUT2D eigenvalue weighted by Gasteiger charge is -2.30. The molecule has 164 valence electrons. The monoisotopic (exact) mass is 452 g/mol. The van der Waals surface area contributed by atoms with Crippen LogP contribution in [0.1, 0.15) is 30.2 Å². The summed E-state index contributed by atoms with van der Waals surface area (Å²) in [5, 5.41) is 12.6. The summed E-state index contributed by atoms with van der Waals surface area (Å²) in [6.07, 6.45) is 3.47. The molecule has 0 saturated carbocycles. The van der Waals surface area contributed by atoms with Crippen molar-refractivity contribution in [3.8, 4) is 17.6 Å². The fourth-order valence-electron chi connectivity index (χ4n) is 3.75. The molecule has 3 aromatic rings. The number of carbonyl (C=O) groups excluding carboxylic acids is 1. The summed E-state index contributed by atoms with van der Waals surface area (Å²) >= 11 is 0. The van der Waals surface area contributed by atoms with E-state index in [0.29, 0.717) is 5.56 Å². The second-order valence-corrected chi connectivity index (χ2v) is 9.42. The van der Waals surface area contributed by atoms with Crippen molar-refractivity contribution >= 4 is 15.9 Å². The number of amides is 1. The summed E-state index contributed by atoms with van der Waals surface area (Å²) in [4.78, 5) is 15.9. The third-order valence-corrected chi connectivity index (χ3v) is 6.90. The smallest absolute Gasteiger partial charge is 0.241 e. The highest BCUT2D eigenvalue weighted by Crippen LogP contribution is 2.34. The average molecular weight is 453 g/mol. The zero-order valence-electron chi connectivity index (χ0n) is 17.5. The number of ether oxygens (including phenoxy) is 1. The summed E-state index contributed by atoms with van der Waals surface area (Å²) in [6.45, 7) is 1.78. The molecule has 3 N–H and O–H groups in total. The molecule has 9 nitrogen and oxygen atoms in total. The fraction of sp³-hybridized carbons (Fsp3) is 0.227. The highest BCUT2D eigenvalue weighted by atomic mass is 32.2. The van der Waals surface area contributed by atoms with E-state index in [1.54, 1.807) is 42.9 Å². The quantitative estimate of drug-likeness (QED) is 0.483. The molecule has 1 aliphatic rings. The molecule has 0 saturated heterocycles. The summed E-state index contributed by atoms with van der Waals surface area (Å²) in [5.41, 5.74) is 0.752. The van der Waals surface area contributed by atoms with Gasteiger partial charge in [0, 0.05) is 19.0 Å². The Hall–Kier alpha value is -3.68. The topological polar surface area (TPSA) is 128 Å². The van der Waals surface area contributed by atoms with Crippen molar-refractivity contribution in [1.29, 1.82) is 5.26 Å². The Morgan fingerprint density at radius 3 is 2.75 bits per heavy atom. The van der Waals surface area contributed by atoms with Crippen LogP contribution in [-0.2, 0) is 27.4 Å². The van der Waals surface area contributed by atoms with E-state index in [1.165, 1.54) is 12.1 Å². The summed E-state index contributed by atoms with van der Waals surface area (Å²) in [7, 11) is -2.00. The first-order valence-electron chi connectivity index (χ1n) is 9.89. The maximum absolute atomic E-state index is 12.8. The highest BCUT2D eigenvalue weighted by Gasteiger charge is 2.37. The molecule has 1 unspecified atom stereocenters. The number of rotatable bonds is 1. The van der Waals surface area contributed by atoms with Crippen molar-refractivity contribution in [3.63, 3.8) is 0 Å². The maximum Gasteiger partial charge on any atom is 0.241 e. The Morgan fingerprint density at radius 2 is 2.03 bits per heavy atom. The van der Waals surface area contributed by atoms with Crippen molar-refractivity contribution in [2.45, 2.75) is 23.8 Å². The molecule has 0 spiro atoms. The molecule has 32 heavy (non-hydrogen) atoms. The standard InChI is InChI=1S/C22H21N5O4S/c1-22(20-13-24-14-27(20)2)16-7-6-15(12-23)19(10-16)31-17-4-3-5-18(11-17)32(29,30)25-9-8-21(28)26-22/h3-7,10-11,13-14,25H,8-9H2,1-2H3,(H,26,28)/p+1. The molecule has 1 aliphatic heterocycles. The van der Waals surface area contributed by atoms with Crippen molar-refractivity contribution < 1.29 is 22.5 Å². The van der Waals surface area contributed by atoms with Gasteiger partial charge in [-0.1, -0.05) is 12.1 Å².